The Hall–Kier alpha value is -2.82. The van der Waals surface area contributed by atoms with Gasteiger partial charge in [0.25, 0.3) is 0 Å². The zero-order chi connectivity index (χ0) is 17.7. The van der Waals surface area contributed by atoms with Gasteiger partial charge >= 0.3 is 5.97 Å². The number of amides is 1. The summed E-state index contributed by atoms with van der Waals surface area (Å²) in [5.41, 5.74) is 0.861. The Kier molecular flexibility index (Phi) is 5.24. The number of para-hydroxylation sites is 1. The molecule has 0 saturated carbocycles. The Labute approximate surface area is 141 Å². The fourth-order valence-electron chi connectivity index (χ4n) is 2.03. The highest BCUT2D eigenvalue weighted by Crippen LogP contribution is 2.24. The van der Waals surface area contributed by atoms with E-state index >= 15 is 0 Å². The third kappa shape index (κ3) is 3.93. The lowest BCUT2D eigenvalue weighted by atomic mass is 9.92. The predicted octanol–water partition coefficient (Wildman–Crippen LogP) is 3.62. The highest BCUT2D eigenvalue weighted by molar-refractivity contribution is 6.07. The van der Waals surface area contributed by atoms with Gasteiger partial charge in [0, 0.05) is 5.69 Å². The number of carbonyl (C=O) groups excluding carboxylic acids is 1. The number of carboxylic acids is 1. The van der Waals surface area contributed by atoms with Crippen molar-refractivity contribution >= 4 is 17.6 Å². The molecule has 0 radical (unpaired) electrons. The first-order chi connectivity index (χ1) is 11.3. The largest absolute Gasteiger partial charge is 0.489 e. The second-order valence-corrected chi connectivity index (χ2v) is 6.08. The van der Waals surface area contributed by atoms with Crippen LogP contribution in [0.2, 0.25) is 0 Å². The third-order valence-electron chi connectivity index (χ3n) is 3.93. The van der Waals surface area contributed by atoms with E-state index in [0.717, 1.165) is 16.9 Å². The number of hydrogen-bond donors (Lipinski definition) is 2. The predicted molar refractivity (Wildman–Crippen MR) is 92.0 cm³/mol. The topological polar surface area (TPSA) is 75.6 Å². The highest BCUT2D eigenvalue weighted by Gasteiger charge is 2.36. The van der Waals surface area contributed by atoms with Crippen molar-refractivity contribution in [1.82, 2.24) is 0 Å². The average Bonchev–Trinajstić information content (AvgIpc) is 2.56. The van der Waals surface area contributed by atoms with Crippen LogP contribution in [0.1, 0.15) is 25.0 Å². The maximum atomic E-state index is 12.2. The zero-order valence-corrected chi connectivity index (χ0v) is 14.0. The smallest absolute Gasteiger partial charge is 0.318 e. The molecule has 0 bridgehead atoms. The van der Waals surface area contributed by atoms with Gasteiger partial charge in [-0.2, -0.15) is 0 Å². The van der Waals surface area contributed by atoms with E-state index in [1.807, 2.05) is 43.3 Å². The van der Waals surface area contributed by atoms with Gasteiger partial charge in [0.15, 0.2) is 0 Å². The standard InChI is InChI=1S/C19H21NO4/c1-13-14(12-24-15-9-5-4-6-10-15)8-7-11-16(13)20-17(21)19(2,3)18(22)23/h4-11H,12H2,1-3H3,(H,20,21)(H,22,23). The lowest BCUT2D eigenvalue weighted by molar-refractivity contribution is -0.151. The van der Waals surface area contributed by atoms with Crippen LogP contribution < -0.4 is 10.1 Å². The van der Waals surface area contributed by atoms with E-state index in [9.17, 15) is 9.59 Å². The van der Waals surface area contributed by atoms with Gasteiger partial charge in [0.05, 0.1) is 0 Å². The van der Waals surface area contributed by atoms with Crippen LogP contribution in [0.25, 0.3) is 0 Å². The number of rotatable bonds is 6. The minimum Gasteiger partial charge on any atom is -0.489 e. The Bertz CT molecular complexity index is 738. The molecule has 0 fully saturated rings. The van der Waals surface area contributed by atoms with Crippen LogP contribution in [0.4, 0.5) is 5.69 Å². The van der Waals surface area contributed by atoms with Crippen molar-refractivity contribution < 1.29 is 19.4 Å². The molecule has 5 nitrogen and oxygen atoms in total. The van der Waals surface area contributed by atoms with Gasteiger partial charge < -0.3 is 15.2 Å². The van der Waals surface area contributed by atoms with Crippen molar-refractivity contribution in [2.24, 2.45) is 5.41 Å². The summed E-state index contributed by atoms with van der Waals surface area (Å²) in [6.45, 7) is 4.99. The summed E-state index contributed by atoms with van der Waals surface area (Å²) in [5, 5.41) is 11.8. The molecule has 0 aliphatic carbocycles. The molecule has 2 N–H and O–H groups in total. The van der Waals surface area contributed by atoms with Crippen LogP contribution in [0.5, 0.6) is 5.75 Å². The molecule has 0 saturated heterocycles. The molecule has 2 rings (SSSR count). The summed E-state index contributed by atoms with van der Waals surface area (Å²) >= 11 is 0. The number of ether oxygens (including phenoxy) is 1. The molecule has 0 unspecified atom stereocenters. The minimum absolute atomic E-state index is 0.363. The lowest BCUT2D eigenvalue weighted by Crippen LogP contribution is -2.38. The van der Waals surface area contributed by atoms with Crippen LogP contribution in [0.3, 0.4) is 0 Å². The minimum atomic E-state index is -1.50. The normalized spacial score (nSPS) is 11.0. The van der Waals surface area contributed by atoms with Gasteiger partial charge in [-0.3, -0.25) is 9.59 Å². The van der Waals surface area contributed by atoms with E-state index < -0.39 is 17.3 Å². The summed E-state index contributed by atoms with van der Waals surface area (Å²) in [4.78, 5) is 23.4. The number of carboxylic acid groups (broad SMARTS) is 1. The molecule has 0 atom stereocenters. The van der Waals surface area contributed by atoms with Gasteiger partial charge in [0.2, 0.25) is 5.91 Å². The van der Waals surface area contributed by atoms with E-state index in [2.05, 4.69) is 5.32 Å². The van der Waals surface area contributed by atoms with Gasteiger partial charge in [-0.15, -0.1) is 0 Å². The van der Waals surface area contributed by atoms with Crippen LogP contribution in [-0.4, -0.2) is 17.0 Å². The molecule has 0 aromatic heterocycles. The molecule has 2 aromatic carbocycles. The van der Waals surface area contributed by atoms with Gasteiger partial charge in [-0.1, -0.05) is 30.3 Å². The molecule has 0 spiro atoms. The second-order valence-electron chi connectivity index (χ2n) is 6.08. The average molecular weight is 327 g/mol. The first kappa shape index (κ1) is 17.5. The molecule has 1 amide bonds. The quantitative estimate of drug-likeness (QED) is 0.795. The SMILES string of the molecule is Cc1c(COc2ccccc2)cccc1NC(=O)C(C)(C)C(=O)O. The molecular formula is C19H21NO4. The molecule has 2 aromatic rings. The number of anilines is 1. The molecule has 0 heterocycles. The van der Waals surface area contributed by atoms with E-state index in [4.69, 9.17) is 9.84 Å². The molecular weight excluding hydrogens is 306 g/mol. The van der Waals surface area contributed by atoms with Crippen molar-refractivity contribution in [1.29, 1.82) is 0 Å². The molecule has 126 valence electrons. The van der Waals surface area contributed by atoms with Gasteiger partial charge in [-0.05, 0) is 50.1 Å². The van der Waals surface area contributed by atoms with E-state index in [-0.39, 0.29) is 0 Å². The lowest BCUT2D eigenvalue weighted by Gasteiger charge is -2.20. The number of nitrogens with one attached hydrogen (secondary N) is 1. The highest BCUT2D eigenvalue weighted by atomic mass is 16.5. The van der Waals surface area contributed by atoms with Crippen LogP contribution in [0.15, 0.2) is 48.5 Å². The first-order valence-electron chi connectivity index (χ1n) is 7.63. The molecule has 0 aliphatic heterocycles. The Balaban J connectivity index is 2.13. The Morgan fingerprint density at radius 2 is 1.75 bits per heavy atom. The third-order valence-corrected chi connectivity index (χ3v) is 3.93. The molecule has 24 heavy (non-hydrogen) atoms. The van der Waals surface area contributed by atoms with Crippen molar-refractivity contribution in [2.45, 2.75) is 27.4 Å². The monoisotopic (exact) mass is 327 g/mol. The van der Waals surface area contributed by atoms with E-state index in [1.54, 1.807) is 12.1 Å². The van der Waals surface area contributed by atoms with Crippen molar-refractivity contribution in [2.75, 3.05) is 5.32 Å². The summed E-state index contributed by atoms with van der Waals surface area (Å²) in [6.07, 6.45) is 0. The van der Waals surface area contributed by atoms with Crippen LogP contribution in [0, 0.1) is 12.3 Å². The van der Waals surface area contributed by atoms with Crippen molar-refractivity contribution in [3.05, 3.63) is 59.7 Å². The summed E-state index contributed by atoms with van der Waals surface area (Å²) in [6, 6.07) is 14.9. The molecule has 0 aliphatic rings. The number of carbonyl (C=O) groups is 2. The number of hydrogen-bond acceptors (Lipinski definition) is 3. The van der Waals surface area contributed by atoms with Crippen LogP contribution >= 0.6 is 0 Å². The maximum absolute atomic E-state index is 12.2. The van der Waals surface area contributed by atoms with E-state index in [0.29, 0.717) is 12.3 Å². The van der Waals surface area contributed by atoms with Gasteiger partial charge in [-0.25, -0.2) is 0 Å². The Morgan fingerprint density at radius 3 is 2.38 bits per heavy atom. The first-order valence-corrected chi connectivity index (χ1v) is 7.63. The second kappa shape index (κ2) is 7.17. The zero-order valence-electron chi connectivity index (χ0n) is 14.0. The maximum Gasteiger partial charge on any atom is 0.318 e. The van der Waals surface area contributed by atoms with E-state index in [1.165, 1.54) is 13.8 Å². The number of benzene rings is 2. The fourth-order valence-corrected chi connectivity index (χ4v) is 2.03. The summed E-state index contributed by atoms with van der Waals surface area (Å²) in [7, 11) is 0. The summed E-state index contributed by atoms with van der Waals surface area (Å²) in [5.74, 6) is -0.959. The number of aliphatic carboxylic acids is 1. The van der Waals surface area contributed by atoms with Crippen molar-refractivity contribution in [3.63, 3.8) is 0 Å². The fraction of sp³-hybridized carbons (Fsp3) is 0.263. The summed E-state index contributed by atoms with van der Waals surface area (Å²) < 4.78 is 5.73. The van der Waals surface area contributed by atoms with Crippen molar-refractivity contribution in [3.8, 4) is 5.75 Å². The van der Waals surface area contributed by atoms with Crippen LogP contribution in [-0.2, 0) is 16.2 Å². The van der Waals surface area contributed by atoms with Gasteiger partial charge in [0.1, 0.15) is 17.8 Å². The Morgan fingerprint density at radius 1 is 1.08 bits per heavy atom. The molecule has 5 heteroatoms.